The van der Waals surface area contributed by atoms with E-state index < -0.39 is 0 Å². The summed E-state index contributed by atoms with van der Waals surface area (Å²) in [6.45, 7) is 1.64. The van der Waals surface area contributed by atoms with Gasteiger partial charge in [-0.2, -0.15) is 5.26 Å². The highest BCUT2D eigenvalue weighted by Gasteiger charge is 2.12. The molecule has 1 amide bonds. The summed E-state index contributed by atoms with van der Waals surface area (Å²) < 4.78 is 0. The van der Waals surface area contributed by atoms with Gasteiger partial charge >= 0.3 is 0 Å². The van der Waals surface area contributed by atoms with Gasteiger partial charge in [-0.3, -0.25) is 4.79 Å². The highest BCUT2D eigenvalue weighted by atomic mass is 16.2. The maximum atomic E-state index is 12.0. The van der Waals surface area contributed by atoms with Crippen molar-refractivity contribution in [1.82, 2.24) is 14.8 Å². The molecule has 0 radical (unpaired) electrons. The van der Waals surface area contributed by atoms with Crippen molar-refractivity contribution in [2.24, 2.45) is 0 Å². The van der Waals surface area contributed by atoms with E-state index in [9.17, 15) is 4.79 Å². The first-order valence-corrected chi connectivity index (χ1v) is 5.81. The summed E-state index contributed by atoms with van der Waals surface area (Å²) in [6, 6.07) is 5.17. The highest BCUT2D eigenvalue weighted by molar-refractivity contribution is 5.92. The Morgan fingerprint density at radius 2 is 2.06 bits per heavy atom. The van der Waals surface area contributed by atoms with E-state index in [-0.39, 0.29) is 5.91 Å². The lowest BCUT2D eigenvalue weighted by Gasteiger charge is -2.18. The van der Waals surface area contributed by atoms with Crippen molar-refractivity contribution in [2.75, 3.05) is 34.2 Å². The van der Waals surface area contributed by atoms with Crippen molar-refractivity contribution in [3.63, 3.8) is 0 Å². The van der Waals surface area contributed by atoms with E-state index in [2.05, 4.69) is 9.88 Å². The number of aromatic nitrogens is 1. The predicted octanol–water partition coefficient (Wildman–Crippen LogP) is 0.977. The molecular weight excluding hydrogens is 228 g/mol. The fourth-order valence-corrected chi connectivity index (χ4v) is 1.51. The molecule has 18 heavy (non-hydrogen) atoms. The van der Waals surface area contributed by atoms with Crippen molar-refractivity contribution in [1.29, 1.82) is 5.26 Å². The second-order valence-electron chi connectivity index (χ2n) is 4.43. The molecule has 0 atom stereocenters. The van der Waals surface area contributed by atoms with E-state index in [1.807, 2.05) is 20.2 Å². The summed E-state index contributed by atoms with van der Waals surface area (Å²) >= 11 is 0. The van der Waals surface area contributed by atoms with Gasteiger partial charge in [-0.15, -0.1) is 0 Å². The number of rotatable bonds is 5. The Balaban J connectivity index is 2.55. The topological polar surface area (TPSA) is 60.2 Å². The van der Waals surface area contributed by atoms with E-state index in [1.54, 1.807) is 24.1 Å². The van der Waals surface area contributed by atoms with E-state index >= 15 is 0 Å². The average molecular weight is 246 g/mol. The molecule has 0 saturated carbocycles. The molecule has 0 aliphatic rings. The van der Waals surface area contributed by atoms with E-state index in [0.29, 0.717) is 17.8 Å². The second kappa shape index (κ2) is 6.72. The van der Waals surface area contributed by atoms with E-state index in [4.69, 9.17) is 5.26 Å². The van der Waals surface area contributed by atoms with Gasteiger partial charge in [0.2, 0.25) is 0 Å². The summed E-state index contributed by atoms with van der Waals surface area (Å²) in [7, 11) is 5.77. The molecule has 0 bridgehead atoms. The number of nitrogens with zero attached hydrogens (tertiary/aromatic N) is 4. The molecule has 1 heterocycles. The van der Waals surface area contributed by atoms with Gasteiger partial charge in [-0.05, 0) is 39.2 Å². The Bertz CT molecular complexity index is 433. The van der Waals surface area contributed by atoms with Crippen molar-refractivity contribution in [3.05, 3.63) is 29.6 Å². The molecule has 0 aliphatic heterocycles. The minimum Gasteiger partial charge on any atom is -0.340 e. The molecular formula is C13H18N4O. The minimum absolute atomic E-state index is 0.113. The number of nitriles is 1. The SMILES string of the molecule is CN(C)CCCN(C)C(=O)c1ccc(C#N)cn1. The van der Waals surface area contributed by atoms with Gasteiger partial charge < -0.3 is 9.80 Å². The first kappa shape index (κ1) is 14.1. The largest absolute Gasteiger partial charge is 0.340 e. The van der Waals surface area contributed by atoms with Crippen LogP contribution >= 0.6 is 0 Å². The Morgan fingerprint density at radius 3 is 2.56 bits per heavy atom. The van der Waals surface area contributed by atoms with Crippen molar-refractivity contribution in [2.45, 2.75) is 6.42 Å². The number of amides is 1. The van der Waals surface area contributed by atoms with E-state index in [1.165, 1.54) is 6.20 Å². The van der Waals surface area contributed by atoms with Crippen LogP contribution in [0.2, 0.25) is 0 Å². The Hall–Kier alpha value is -1.93. The van der Waals surface area contributed by atoms with Gasteiger partial charge in [0.1, 0.15) is 11.8 Å². The van der Waals surface area contributed by atoms with Crippen molar-refractivity contribution >= 4 is 5.91 Å². The lowest BCUT2D eigenvalue weighted by atomic mass is 10.2. The van der Waals surface area contributed by atoms with Gasteiger partial charge in [-0.1, -0.05) is 0 Å². The standard InChI is InChI=1S/C13H18N4O/c1-16(2)7-4-8-17(3)13(18)12-6-5-11(9-14)10-15-12/h5-6,10H,4,7-8H2,1-3H3. The average Bonchev–Trinajstić information content (AvgIpc) is 2.37. The molecule has 0 fully saturated rings. The number of carbonyl (C=O) groups excluding carboxylic acids is 1. The smallest absolute Gasteiger partial charge is 0.272 e. The van der Waals surface area contributed by atoms with Crippen LogP contribution in [-0.2, 0) is 0 Å². The molecule has 0 aliphatic carbocycles. The molecule has 0 unspecified atom stereocenters. The zero-order chi connectivity index (χ0) is 13.5. The molecule has 0 spiro atoms. The summed E-state index contributed by atoms with van der Waals surface area (Å²) in [5.41, 5.74) is 0.836. The quantitative estimate of drug-likeness (QED) is 0.777. The first-order valence-electron chi connectivity index (χ1n) is 5.81. The second-order valence-corrected chi connectivity index (χ2v) is 4.43. The molecule has 0 saturated heterocycles. The Morgan fingerprint density at radius 1 is 1.33 bits per heavy atom. The van der Waals surface area contributed by atoms with Crippen LogP contribution in [-0.4, -0.2) is 54.9 Å². The van der Waals surface area contributed by atoms with Gasteiger partial charge in [0, 0.05) is 19.8 Å². The summed E-state index contributed by atoms with van der Waals surface area (Å²) in [4.78, 5) is 19.7. The maximum Gasteiger partial charge on any atom is 0.272 e. The molecule has 1 rings (SSSR count). The van der Waals surface area contributed by atoms with E-state index in [0.717, 1.165) is 13.0 Å². The van der Waals surface area contributed by atoms with Gasteiger partial charge in [0.15, 0.2) is 0 Å². The van der Waals surface area contributed by atoms with Crippen molar-refractivity contribution in [3.8, 4) is 6.07 Å². The molecule has 0 aromatic carbocycles. The third-order valence-corrected chi connectivity index (χ3v) is 2.56. The van der Waals surface area contributed by atoms with Gasteiger partial charge in [0.25, 0.3) is 5.91 Å². The molecule has 1 aromatic heterocycles. The monoisotopic (exact) mass is 246 g/mol. The molecule has 0 N–H and O–H groups in total. The number of hydrogen-bond donors (Lipinski definition) is 0. The number of carbonyl (C=O) groups is 1. The fourth-order valence-electron chi connectivity index (χ4n) is 1.51. The molecule has 5 heteroatoms. The minimum atomic E-state index is -0.113. The lowest BCUT2D eigenvalue weighted by molar-refractivity contribution is 0.0785. The predicted molar refractivity (Wildman–Crippen MR) is 69.1 cm³/mol. The Kier molecular flexibility index (Phi) is 5.28. The van der Waals surface area contributed by atoms with Crippen LogP contribution in [0.1, 0.15) is 22.5 Å². The maximum absolute atomic E-state index is 12.0. The fraction of sp³-hybridized carbons (Fsp3) is 0.462. The summed E-state index contributed by atoms with van der Waals surface area (Å²) in [5, 5.41) is 8.65. The van der Waals surface area contributed by atoms with Crippen LogP contribution < -0.4 is 0 Å². The Labute approximate surface area is 108 Å². The molecule has 5 nitrogen and oxygen atoms in total. The van der Waals surface area contributed by atoms with Crippen molar-refractivity contribution < 1.29 is 4.79 Å². The highest BCUT2D eigenvalue weighted by Crippen LogP contribution is 2.03. The lowest BCUT2D eigenvalue weighted by Crippen LogP contribution is -2.30. The first-order chi connectivity index (χ1) is 8.54. The zero-order valence-corrected chi connectivity index (χ0v) is 11.1. The summed E-state index contributed by atoms with van der Waals surface area (Å²) in [5.74, 6) is -0.113. The summed E-state index contributed by atoms with van der Waals surface area (Å²) in [6.07, 6.45) is 2.34. The zero-order valence-electron chi connectivity index (χ0n) is 11.1. The third kappa shape index (κ3) is 4.15. The number of hydrogen-bond acceptors (Lipinski definition) is 4. The van der Waals surface area contributed by atoms with Crippen LogP contribution in [0.4, 0.5) is 0 Å². The van der Waals surface area contributed by atoms with Crippen LogP contribution in [0.25, 0.3) is 0 Å². The number of pyridine rings is 1. The van der Waals surface area contributed by atoms with Gasteiger partial charge in [-0.25, -0.2) is 4.98 Å². The van der Waals surface area contributed by atoms with Gasteiger partial charge in [0.05, 0.1) is 5.56 Å². The molecule has 96 valence electrons. The van der Waals surface area contributed by atoms with Crippen LogP contribution in [0.5, 0.6) is 0 Å². The van der Waals surface area contributed by atoms with Crippen LogP contribution in [0.15, 0.2) is 18.3 Å². The van der Waals surface area contributed by atoms with Crippen LogP contribution in [0, 0.1) is 11.3 Å². The normalized spacial score (nSPS) is 10.2. The molecule has 1 aromatic rings. The van der Waals surface area contributed by atoms with Crippen LogP contribution in [0.3, 0.4) is 0 Å². The third-order valence-electron chi connectivity index (χ3n) is 2.56.